The molecule has 2 bridgehead atoms. The van der Waals surface area contributed by atoms with Crippen LogP contribution in [0.1, 0.15) is 31.0 Å². The molecule has 3 nitrogen and oxygen atoms in total. The van der Waals surface area contributed by atoms with Crippen LogP contribution in [0.25, 0.3) is 0 Å². The van der Waals surface area contributed by atoms with Crippen molar-refractivity contribution in [1.29, 1.82) is 0 Å². The lowest BCUT2D eigenvalue weighted by Crippen LogP contribution is -2.16. The fraction of sp³-hybridized carbons (Fsp3) is 0.600. The van der Waals surface area contributed by atoms with Gasteiger partial charge in [-0.3, -0.25) is 0 Å². The molecule has 0 aliphatic carbocycles. The fourth-order valence-corrected chi connectivity index (χ4v) is 2.66. The molecule has 3 rings (SSSR count). The molecule has 0 aromatic carbocycles. The maximum atomic E-state index is 5.79. The first-order valence-corrected chi connectivity index (χ1v) is 5.44. The van der Waals surface area contributed by atoms with Gasteiger partial charge in [-0.05, 0) is 25.3 Å². The average molecular weight is 208 g/mol. The van der Waals surface area contributed by atoms with Crippen molar-refractivity contribution >= 4 is 12.2 Å². The van der Waals surface area contributed by atoms with Gasteiger partial charge in [-0.2, -0.15) is 0 Å². The maximum Gasteiger partial charge on any atom is 0.112 e. The second-order valence-corrected chi connectivity index (χ2v) is 4.48. The fourth-order valence-electron chi connectivity index (χ4n) is 2.50. The highest BCUT2D eigenvalue weighted by Gasteiger charge is 2.42. The number of rotatable bonds is 1. The lowest BCUT2D eigenvalue weighted by Gasteiger charge is -2.17. The first-order chi connectivity index (χ1) is 6.83. The summed E-state index contributed by atoms with van der Waals surface area (Å²) in [5, 5.41) is 0. The van der Waals surface area contributed by atoms with Gasteiger partial charge in [0, 0.05) is 12.1 Å². The third-order valence-corrected chi connectivity index (χ3v) is 3.39. The normalized spacial score (nSPS) is 35.0. The van der Waals surface area contributed by atoms with E-state index < -0.39 is 0 Å². The van der Waals surface area contributed by atoms with E-state index in [1.165, 1.54) is 12.8 Å². The number of aromatic nitrogens is 2. The van der Waals surface area contributed by atoms with Crippen LogP contribution in [-0.2, 0) is 4.74 Å². The zero-order chi connectivity index (χ0) is 9.54. The Kier molecular flexibility index (Phi) is 1.92. The Labute approximate surface area is 87.5 Å². The lowest BCUT2D eigenvalue weighted by molar-refractivity contribution is 0.0998. The van der Waals surface area contributed by atoms with Crippen molar-refractivity contribution in [2.45, 2.75) is 37.4 Å². The second kappa shape index (κ2) is 3.14. The molecule has 0 amide bonds. The molecule has 0 spiro atoms. The van der Waals surface area contributed by atoms with Gasteiger partial charge >= 0.3 is 0 Å². The van der Waals surface area contributed by atoms with Gasteiger partial charge in [0.1, 0.15) is 10.5 Å². The maximum absolute atomic E-state index is 5.79. The van der Waals surface area contributed by atoms with E-state index >= 15 is 0 Å². The quantitative estimate of drug-likeness (QED) is 0.719. The first-order valence-electron chi connectivity index (χ1n) is 5.03. The van der Waals surface area contributed by atoms with Gasteiger partial charge in [0.15, 0.2) is 0 Å². The van der Waals surface area contributed by atoms with Crippen molar-refractivity contribution in [3.05, 3.63) is 22.7 Å². The lowest BCUT2D eigenvalue weighted by atomic mass is 9.89. The topological polar surface area (TPSA) is 37.9 Å². The minimum Gasteiger partial charge on any atom is -0.374 e. The number of fused-ring (bicyclic) bond motifs is 2. The van der Waals surface area contributed by atoms with Crippen LogP contribution in [0.15, 0.2) is 12.3 Å². The minimum atomic E-state index is 0.376. The van der Waals surface area contributed by atoms with Crippen LogP contribution < -0.4 is 0 Å². The molecule has 2 aliphatic heterocycles. The Balaban J connectivity index is 1.93. The monoisotopic (exact) mass is 208 g/mol. The molecule has 0 saturated carbocycles. The number of hydrogen-bond acceptors (Lipinski definition) is 3. The van der Waals surface area contributed by atoms with Gasteiger partial charge in [0.25, 0.3) is 0 Å². The van der Waals surface area contributed by atoms with Crippen LogP contribution in [-0.4, -0.2) is 22.2 Å². The summed E-state index contributed by atoms with van der Waals surface area (Å²) >= 11 is 5.08. The summed E-state index contributed by atoms with van der Waals surface area (Å²) in [6.07, 6.45) is 6.11. The van der Waals surface area contributed by atoms with Crippen molar-refractivity contribution < 1.29 is 4.74 Å². The Morgan fingerprint density at radius 3 is 3.07 bits per heavy atom. The largest absolute Gasteiger partial charge is 0.374 e. The highest BCUT2D eigenvalue weighted by molar-refractivity contribution is 7.71. The summed E-state index contributed by atoms with van der Waals surface area (Å²) in [6.45, 7) is 0. The van der Waals surface area contributed by atoms with Crippen LogP contribution in [0.4, 0.5) is 0 Å². The molecule has 2 saturated heterocycles. The summed E-state index contributed by atoms with van der Waals surface area (Å²) in [5.41, 5.74) is 0. The number of ether oxygens (including phenoxy) is 1. The summed E-state index contributed by atoms with van der Waals surface area (Å²) in [5.74, 6) is 1.45. The zero-order valence-corrected chi connectivity index (χ0v) is 8.59. The smallest absolute Gasteiger partial charge is 0.112 e. The molecule has 14 heavy (non-hydrogen) atoms. The van der Waals surface area contributed by atoms with Crippen molar-refractivity contribution in [1.82, 2.24) is 9.97 Å². The van der Waals surface area contributed by atoms with E-state index in [1.54, 1.807) is 6.20 Å². The molecule has 74 valence electrons. The van der Waals surface area contributed by atoms with Crippen molar-refractivity contribution in [2.75, 3.05) is 0 Å². The summed E-state index contributed by atoms with van der Waals surface area (Å²) in [6, 6.07) is 1.81. The van der Waals surface area contributed by atoms with Gasteiger partial charge in [-0.25, -0.2) is 4.98 Å². The van der Waals surface area contributed by atoms with E-state index in [0.29, 0.717) is 18.1 Å². The van der Waals surface area contributed by atoms with E-state index in [1.807, 2.05) is 6.07 Å². The third kappa shape index (κ3) is 1.29. The molecule has 3 atom stereocenters. The Morgan fingerprint density at radius 1 is 1.50 bits per heavy atom. The van der Waals surface area contributed by atoms with Crippen molar-refractivity contribution in [3.63, 3.8) is 0 Å². The zero-order valence-electron chi connectivity index (χ0n) is 7.77. The molecule has 2 aliphatic rings. The summed E-state index contributed by atoms with van der Waals surface area (Å²) in [7, 11) is 0. The van der Waals surface area contributed by atoms with Gasteiger partial charge in [-0.1, -0.05) is 12.2 Å². The van der Waals surface area contributed by atoms with E-state index in [0.717, 1.165) is 16.9 Å². The van der Waals surface area contributed by atoms with Gasteiger partial charge in [0.2, 0.25) is 0 Å². The highest BCUT2D eigenvalue weighted by atomic mass is 32.1. The average Bonchev–Trinajstić information content (AvgIpc) is 2.78. The van der Waals surface area contributed by atoms with Crippen LogP contribution in [0.3, 0.4) is 0 Å². The van der Waals surface area contributed by atoms with Crippen molar-refractivity contribution in [3.8, 4) is 0 Å². The predicted molar refractivity (Wildman–Crippen MR) is 54.7 cm³/mol. The molecule has 0 radical (unpaired) electrons. The Bertz CT molecular complexity index is 403. The van der Waals surface area contributed by atoms with Crippen LogP contribution in [0.5, 0.6) is 0 Å². The standard InChI is InChI=1S/C10H12N2OS/c14-9-3-4-11-10(12-9)7-5-6-1-2-8(7)13-6/h3-4,6-8H,1-2,5H2,(H,11,12,14). The number of nitrogens with zero attached hydrogens (tertiary/aromatic N) is 1. The molecule has 3 unspecified atom stereocenters. The van der Waals surface area contributed by atoms with Crippen molar-refractivity contribution in [2.24, 2.45) is 0 Å². The summed E-state index contributed by atoms with van der Waals surface area (Å²) < 4.78 is 6.55. The molecule has 1 aromatic heterocycles. The molecule has 2 fully saturated rings. The van der Waals surface area contributed by atoms with E-state index in [4.69, 9.17) is 17.0 Å². The Morgan fingerprint density at radius 2 is 2.43 bits per heavy atom. The Hall–Kier alpha value is -0.740. The number of H-pyrrole nitrogens is 1. The minimum absolute atomic E-state index is 0.376. The van der Waals surface area contributed by atoms with E-state index in [9.17, 15) is 0 Å². The predicted octanol–water partition coefficient (Wildman–Crippen LogP) is 2.17. The summed E-state index contributed by atoms with van der Waals surface area (Å²) in [4.78, 5) is 7.50. The molecule has 3 heterocycles. The molecular formula is C10H12N2OS. The molecular weight excluding hydrogens is 196 g/mol. The van der Waals surface area contributed by atoms with Gasteiger partial charge in [0.05, 0.1) is 12.2 Å². The van der Waals surface area contributed by atoms with Crippen LogP contribution in [0, 0.1) is 4.64 Å². The number of aromatic amines is 1. The second-order valence-electron chi connectivity index (χ2n) is 4.04. The molecule has 4 heteroatoms. The number of nitrogens with one attached hydrogen (secondary N) is 1. The molecule has 1 aromatic rings. The highest BCUT2D eigenvalue weighted by Crippen LogP contribution is 2.43. The van der Waals surface area contributed by atoms with Crippen LogP contribution >= 0.6 is 12.2 Å². The van der Waals surface area contributed by atoms with Gasteiger partial charge < -0.3 is 9.72 Å². The van der Waals surface area contributed by atoms with E-state index in [-0.39, 0.29) is 0 Å². The number of hydrogen-bond donors (Lipinski definition) is 1. The van der Waals surface area contributed by atoms with Crippen LogP contribution in [0.2, 0.25) is 0 Å². The molecule has 1 N–H and O–H groups in total. The van der Waals surface area contributed by atoms with Gasteiger partial charge in [-0.15, -0.1) is 0 Å². The SMILES string of the molecule is S=c1ccnc(C2CC3CCC2O3)[nH]1. The first kappa shape index (κ1) is 8.56. The third-order valence-electron chi connectivity index (χ3n) is 3.15. The van der Waals surface area contributed by atoms with E-state index in [2.05, 4.69) is 9.97 Å².